The normalized spacial score (nSPS) is 27.2. The van der Waals surface area contributed by atoms with Gasteiger partial charge in [0, 0.05) is 31.4 Å². The zero-order valence-corrected chi connectivity index (χ0v) is 19.0. The third-order valence-electron chi connectivity index (χ3n) is 6.51. The molecule has 1 amide bonds. The van der Waals surface area contributed by atoms with Crippen LogP contribution in [0.3, 0.4) is 0 Å². The van der Waals surface area contributed by atoms with E-state index >= 15 is 0 Å². The molecule has 8 nitrogen and oxygen atoms in total. The highest BCUT2D eigenvalue weighted by Gasteiger charge is 2.43. The number of nitrogens with zero attached hydrogens (tertiary/aromatic N) is 3. The van der Waals surface area contributed by atoms with E-state index in [4.69, 9.17) is 26.3 Å². The van der Waals surface area contributed by atoms with Gasteiger partial charge in [0.15, 0.2) is 0 Å². The molecule has 32 heavy (non-hydrogen) atoms. The number of nitrogens with one attached hydrogen (secondary N) is 2. The fourth-order valence-corrected chi connectivity index (χ4v) is 5.01. The van der Waals surface area contributed by atoms with Crippen molar-refractivity contribution in [3.63, 3.8) is 0 Å². The molecule has 1 aliphatic heterocycles. The van der Waals surface area contributed by atoms with Crippen molar-refractivity contribution in [1.82, 2.24) is 14.9 Å². The molecule has 1 saturated heterocycles. The highest BCUT2D eigenvalue weighted by molar-refractivity contribution is 6.21. The molecule has 1 aromatic carbocycles. The maximum absolute atomic E-state index is 12.8. The lowest BCUT2D eigenvalue weighted by Gasteiger charge is -2.44. The summed E-state index contributed by atoms with van der Waals surface area (Å²) in [6.07, 6.45) is 5.75. The van der Waals surface area contributed by atoms with E-state index in [1.807, 2.05) is 17.7 Å². The molecule has 2 fully saturated rings. The largest absolute Gasteiger partial charge is 0.495 e. The van der Waals surface area contributed by atoms with Crippen LogP contribution in [0, 0.1) is 23.2 Å². The molecule has 2 aliphatic rings. The quantitative estimate of drug-likeness (QED) is 0.620. The summed E-state index contributed by atoms with van der Waals surface area (Å²) in [6, 6.07) is 7.50. The average molecular weight is 458 g/mol. The van der Waals surface area contributed by atoms with Crippen LogP contribution in [0.2, 0.25) is 0 Å². The smallest absolute Gasteiger partial charge is 0.225 e. The Labute approximate surface area is 192 Å². The second kappa shape index (κ2) is 9.80. The van der Waals surface area contributed by atoms with Crippen molar-refractivity contribution in [2.75, 3.05) is 19.0 Å². The number of aromatic nitrogens is 2. The first-order chi connectivity index (χ1) is 15.5. The average Bonchev–Trinajstić information content (AvgIpc) is 3.21. The van der Waals surface area contributed by atoms with Crippen LogP contribution in [0.5, 0.6) is 5.75 Å². The van der Waals surface area contributed by atoms with Crippen LogP contribution in [0.25, 0.3) is 0 Å². The summed E-state index contributed by atoms with van der Waals surface area (Å²) in [7, 11) is 3.47. The van der Waals surface area contributed by atoms with Gasteiger partial charge in [0.2, 0.25) is 5.91 Å². The minimum Gasteiger partial charge on any atom is -0.495 e. The first kappa shape index (κ1) is 22.4. The molecule has 1 aliphatic carbocycles. The van der Waals surface area contributed by atoms with Gasteiger partial charge in [-0.1, -0.05) is 0 Å². The van der Waals surface area contributed by atoms with E-state index in [-0.39, 0.29) is 29.3 Å². The van der Waals surface area contributed by atoms with Crippen molar-refractivity contribution >= 4 is 23.2 Å². The molecule has 2 N–H and O–H groups in total. The minimum atomic E-state index is -0.145. The number of alkyl halides is 1. The summed E-state index contributed by atoms with van der Waals surface area (Å²) in [5.74, 6) is 0.751. The van der Waals surface area contributed by atoms with Gasteiger partial charge in [0.05, 0.1) is 54.9 Å². The van der Waals surface area contributed by atoms with Gasteiger partial charge in [0.1, 0.15) is 11.8 Å². The third-order valence-corrected chi connectivity index (χ3v) is 6.97. The van der Waals surface area contributed by atoms with E-state index < -0.39 is 0 Å². The molecule has 170 valence electrons. The molecule has 2 heterocycles. The monoisotopic (exact) mass is 457 g/mol. The molecule has 0 radical (unpaired) electrons. The molecule has 2 aromatic rings. The number of halogens is 1. The molecular weight excluding hydrogens is 430 g/mol. The lowest BCUT2D eigenvalue weighted by atomic mass is 9.74. The Hall–Kier alpha value is -2.76. The van der Waals surface area contributed by atoms with Gasteiger partial charge in [-0.15, -0.1) is 11.6 Å². The van der Waals surface area contributed by atoms with Crippen molar-refractivity contribution in [2.45, 2.75) is 43.4 Å². The minimum absolute atomic E-state index is 0.0535. The van der Waals surface area contributed by atoms with Crippen LogP contribution in [-0.4, -0.2) is 46.6 Å². The standard InChI is InChI=1S/C23H28ClN5O3/c1-29-13-26-11-18(29)12-32-22-8-20-15(6-19(22)24)5-16(23(30)28-20)10-27-17-4-3-14(9-25)21(7-17)31-2/h3-4,7,11,13,15-16,19-20,22,27H,5-6,8,10,12H2,1-2H3,(H,28,30). The Bertz CT molecular complexity index is 1000. The molecule has 1 aromatic heterocycles. The van der Waals surface area contributed by atoms with Crippen LogP contribution < -0.4 is 15.4 Å². The molecule has 0 bridgehead atoms. The number of hydrogen-bond acceptors (Lipinski definition) is 6. The van der Waals surface area contributed by atoms with Gasteiger partial charge in [-0.05, 0) is 37.3 Å². The van der Waals surface area contributed by atoms with Gasteiger partial charge >= 0.3 is 0 Å². The van der Waals surface area contributed by atoms with E-state index in [1.165, 1.54) is 7.11 Å². The topological polar surface area (TPSA) is 101 Å². The van der Waals surface area contributed by atoms with Crippen molar-refractivity contribution in [1.29, 1.82) is 5.26 Å². The number of carbonyl (C=O) groups excluding carboxylic acids is 1. The molecule has 9 heteroatoms. The van der Waals surface area contributed by atoms with E-state index in [0.29, 0.717) is 30.4 Å². The number of carbonyl (C=O) groups is 1. The number of methoxy groups -OCH3 is 1. The number of rotatable bonds is 7. The van der Waals surface area contributed by atoms with Crippen molar-refractivity contribution < 1.29 is 14.3 Å². The van der Waals surface area contributed by atoms with Crippen molar-refractivity contribution in [3.8, 4) is 11.8 Å². The molecule has 0 spiro atoms. The van der Waals surface area contributed by atoms with Crippen LogP contribution in [0.4, 0.5) is 5.69 Å². The maximum Gasteiger partial charge on any atom is 0.225 e. The summed E-state index contributed by atoms with van der Waals surface area (Å²) in [6.45, 7) is 0.966. The number of ether oxygens (including phenoxy) is 2. The first-order valence-corrected chi connectivity index (χ1v) is 11.3. The Morgan fingerprint density at radius 3 is 2.94 bits per heavy atom. The van der Waals surface area contributed by atoms with E-state index in [1.54, 1.807) is 24.7 Å². The predicted octanol–water partition coefficient (Wildman–Crippen LogP) is 2.82. The SMILES string of the molecule is COc1cc(NCC2CC3CC(Cl)C(OCc4cncn4C)CC3NC2=O)ccc1C#N. The van der Waals surface area contributed by atoms with Gasteiger partial charge in [0.25, 0.3) is 0 Å². The molecular formula is C23H28ClN5O3. The number of imidazole rings is 1. The summed E-state index contributed by atoms with van der Waals surface area (Å²) in [4.78, 5) is 16.9. The molecule has 5 atom stereocenters. The molecule has 5 unspecified atom stereocenters. The molecule has 1 saturated carbocycles. The number of aryl methyl sites for hydroxylation is 1. The fraction of sp³-hybridized carbons (Fsp3) is 0.522. The van der Waals surface area contributed by atoms with Crippen LogP contribution >= 0.6 is 11.6 Å². The second-order valence-electron chi connectivity index (χ2n) is 8.55. The first-order valence-electron chi connectivity index (χ1n) is 10.8. The number of nitriles is 1. The Morgan fingerprint density at radius 1 is 1.38 bits per heavy atom. The van der Waals surface area contributed by atoms with E-state index in [0.717, 1.165) is 30.6 Å². The maximum atomic E-state index is 12.8. The number of benzene rings is 1. The summed E-state index contributed by atoms with van der Waals surface area (Å²) in [5.41, 5.74) is 2.29. The van der Waals surface area contributed by atoms with E-state index in [2.05, 4.69) is 21.7 Å². The second-order valence-corrected chi connectivity index (χ2v) is 9.11. The van der Waals surface area contributed by atoms with Gasteiger partial charge in [-0.3, -0.25) is 4.79 Å². The van der Waals surface area contributed by atoms with E-state index in [9.17, 15) is 4.79 Å². The third kappa shape index (κ3) is 4.84. The summed E-state index contributed by atoms with van der Waals surface area (Å²) in [5, 5.41) is 15.5. The van der Waals surface area contributed by atoms with Crippen molar-refractivity contribution in [3.05, 3.63) is 42.0 Å². The number of piperidine rings is 1. The number of anilines is 1. The highest BCUT2D eigenvalue weighted by Crippen LogP contribution is 2.37. The lowest BCUT2D eigenvalue weighted by Crippen LogP contribution is -2.56. The lowest BCUT2D eigenvalue weighted by molar-refractivity contribution is -0.130. The van der Waals surface area contributed by atoms with Gasteiger partial charge in [-0.2, -0.15) is 5.26 Å². The van der Waals surface area contributed by atoms with Gasteiger partial charge < -0.3 is 24.7 Å². The Balaban J connectivity index is 1.32. The highest BCUT2D eigenvalue weighted by atomic mass is 35.5. The fourth-order valence-electron chi connectivity index (χ4n) is 4.61. The zero-order chi connectivity index (χ0) is 22.7. The number of hydrogen-bond donors (Lipinski definition) is 2. The van der Waals surface area contributed by atoms with Gasteiger partial charge in [-0.25, -0.2) is 4.98 Å². The summed E-state index contributed by atoms with van der Waals surface area (Å²) < 4.78 is 13.3. The molecule has 4 rings (SSSR count). The van der Waals surface area contributed by atoms with Crippen LogP contribution in [-0.2, 0) is 23.2 Å². The van der Waals surface area contributed by atoms with Crippen molar-refractivity contribution in [2.24, 2.45) is 18.9 Å². The van der Waals surface area contributed by atoms with Crippen LogP contribution in [0.1, 0.15) is 30.5 Å². The number of amides is 1. The Kier molecular flexibility index (Phi) is 6.87. The van der Waals surface area contributed by atoms with Crippen LogP contribution in [0.15, 0.2) is 30.7 Å². The predicted molar refractivity (Wildman–Crippen MR) is 120 cm³/mol. The number of fused-ring (bicyclic) bond motifs is 1. The Morgan fingerprint density at radius 2 is 2.22 bits per heavy atom. The zero-order valence-electron chi connectivity index (χ0n) is 18.3. The summed E-state index contributed by atoms with van der Waals surface area (Å²) >= 11 is 6.69.